The van der Waals surface area contributed by atoms with E-state index in [1.807, 2.05) is 0 Å². The normalized spacial score (nSPS) is 10.9. The fraction of sp³-hybridized carbons (Fsp3) is 0.286. The number of carboxylic acid groups (broad SMARTS) is 2. The summed E-state index contributed by atoms with van der Waals surface area (Å²) >= 11 is 0. The predicted molar refractivity (Wildman–Crippen MR) is 38.7 cm³/mol. The van der Waals surface area contributed by atoms with Gasteiger partial charge in [0.15, 0.2) is 5.78 Å². The first-order valence-electron chi connectivity index (χ1n) is 3.09. The first-order valence-corrected chi connectivity index (χ1v) is 3.09. The van der Waals surface area contributed by atoms with Gasteiger partial charge in [-0.15, -0.1) is 0 Å². The maximum absolute atomic E-state index is 10.4. The van der Waals surface area contributed by atoms with Gasteiger partial charge >= 0.3 is 11.9 Å². The Labute approximate surface area is 68.3 Å². The molecule has 0 aromatic carbocycles. The van der Waals surface area contributed by atoms with Crippen LogP contribution in [-0.2, 0) is 14.4 Å². The van der Waals surface area contributed by atoms with E-state index in [4.69, 9.17) is 10.2 Å². The van der Waals surface area contributed by atoms with Gasteiger partial charge in [-0.3, -0.25) is 9.59 Å². The van der Waals surface area contributed by atoms with Crippen LogP contribution in [0.3, 0.4) is 0 Å². The van der Waals surface area contributed by atoms with Gasteiger partial charge in [-0.05, 0) is 13.0 Å². The number of carbonyl (C=O) groups excluding carboxylic acids is 1. The smallest absolute Gasteiger partial charge is 0.332 e. The molecule has 0 radical (unpaired) electrons. The van der Waals surface area contributed by atoms with Crippen LogP contribution in [0, 0.1) is 0 Å². The van der Waals surface area contributed by atoms with E-state index in [0.717, 1.165) is 13.0 Å². The van der Waals surface area contributed by atoms with Crippen molar-refractivity contribution in [3.8, 4) is 0 Å². The highest BCUT2D eigenvalue weighted by molar-refractivity contribution is 6.00. The monoisotopic (exact) mass is 172 g/mol. The topological polar surface area (TPSA) is 91.7 Å². The summed E-state index contributed by atoms with van der Waals surface area (Å²) in [7, 11) is 0. The molecule has 0 aliphatic rings. The summed E-state index contributed by atoms with van der Waals surface area (Å²) in [5.74, 6) is -3.13. The van der Waals surface area contributed by atoms with Gasteiger partial charge in [0, 0.05) is 0 Å². The van der Waals surface area contributed by atoms with Gasteiger partial charge in [-0.2, -0.15) is 0 Å². The van der Waals surface area contributed by atoms with Crippen molar-refractivity contribution in [3.63, 3.8) is 0 Å². The number of ketones is 1. The van der Waals surface area contributed by atoms with E-state index in [0.29, 0.717) is 0 Å². The highest BCUT2D eigenvalue weighted by atomic mass is 16.4. The van der Waals surface area contributed by atoms with Crippen LogP contribution < -0.4 is 0 Å². The first-order chi connectivity index (χ1) is 5.43. The molecule has 0 rings (SSSR count). The lowest BCUT2D eigenvalue weighted by atomic mass is 10.1. The summed E-state index contributed by atoms with van der Waals surface area (Å²) in [6.45, 7) is 1.16. The molecule has 2 N–H and O–H groups in total. The van der Waals surface area contributed by atoms with Gasteiger partial charge < -0.3 is 10.2 Å². The second-order valence-corrected chi connectivity index (χ2v) is 2.16. The van der Waals surface area contributed by atoms with Crippen molar-refractivity contribution < 1.29 is 24.6 Å². The third kappa shape index (κ3) is 4.21. The van der Waals surface area contributed by atoms with E-state index >= 15 is 0 Å². The molecule has 0 aromatic heterocycles. The van der Waals surface area contributed by atoms with Gasteiger partial charge in [-0.1, -0.05) is 0 Å². The van der Waals surface area contributed by atoms with Gasteiger partial charge in [0.25, 0.3) is 0 Å². The number of aliphatic carboxylic acids is 2. The van der Waals surface area contributed by atoms with Crippen LogP contribution in [0.25, 0.3) is 0 Å². The maximum atomic E-state index is 10.4. The van der Waals surface area contributed by atoms with Crippen molar-refractivity contribution in [2.24, 2.45) is 0 Å². The summed E-state index contributed by atoms with van der Waals surface area (Å²) in [6.07, 6.45) is 0.158. The second-order valence-electron chi connectivity index (χ2n) is 2.16. The lowest BCUT2D eigenvalue weighted by Crippen LogP contribution is -2.08. The summed E-state index contributed by atoms with van der Waals surface area (Å²) in [6, 6.07) is 0. The lowest BCUT2D eigenvalue weighted by Gasteiger charge is -1.95. The molecular formula is C7H8O5. The molecule has 0 aliphatic carbocycles. The van der Waals surface area contributed by atoms with E-state index in [1.165, 1.54) is 0 Å². The number of hydrogen-bond donors (Lipinski definition) is 2. The van der Waals surface area contributed by atoms with Crippen LogP contribution in [0.15, 0.2) is 11.6 Å². The molecule has 0 saturated heterocycles. The van der Waals surface area contributed by atoms with Crippen molar-refractivity contribution in [1.82, 2.24) is 0 Å². The lowest BCUT2D eigenvalue weighted by molar-refractivity contribution is -0.139. The standard InChI is InChI=1S/C7H8O5/c1-4(8)2-5(7(11)12)3-6(9)10/h2H,3H2,1H3,(H,9,10)(H,11,12)/b5-2+. The molecule has 0 fully saturated rings. The number of carbonyl (C=O) groups is 3. The van der Waals surface area contributed by atoms with E-state index in [-0.39, 0.29) is 0 Å². The largest absolute Gasteiger partial charge is 0.481 e. The van der Waals surface area contributed by atoms with Gasteiger partial charge in [0.05, 0.1) is 12.0 Å². The molecule has 12 heavy (non-hydrogen) atoms. The van der Waals surface area contributed by atoms with Gasteiger partial charge in [0.2, 0.25) is 0 Å². The Balaban J connectivity index is 4.55. The number of carboxylic acids is 2. The number of rotatable bonds is 4. The van der Waals surface area contributed by atoms with Gasteiger partial charge in [0.1, 0.15) is 0 Å². The van der Waals surface area contributed by atoms with E-state index in [2.05, 4.69) is 0 Å². The van der Waals surface area contributed by atoms with Crippen molar-refractivity contribution >= 4 is 17.7 Å². The molecule has 0 saturated carbocycles. The molecule has 5 nitrogen and oxygen atoms in total. The van der Waals surface area contributed by atoms with Crippen molar-refractivity contribution in [3.05, 3.63) is 11.6 Å². The maximum Gasteiger partial charge on any atom is 0.332 e. The third-order valence-corrected chi connectivity index (χ3v) is 0.994. The van der Waals surface area contributed by atoms with Crippen LogP contribution in [0.2, 0.25) is 0 Å². The molecule has 0 amide bonds. The summed E-state index contributed by atoms with van der Waals surface area (Å²) in [4.78, 5) is 30.8. The predicted octanol–water partition coefficient (Wildman–Crippen LogP) is 0.0611. The molecule has 0 bridgehead atoms. The van der Waals surface area contributed by atoms with Crippen molar-refractivity contribution in [2.75, 3.05) is 0 Å². The quantitative estimate of drug-likeness (QED) is 0.585. The summed E-state index contributed by atoms with van der Waals surface area (Å²) < 4.78 is 0. The first kappa shape index (κ1) is 10.3. The van der Waals surface area contributed by atoms with Crippen molar-refractivity contribution in [1.29, 1.82) is 0 Å². The Morgan fingerprint density at radius 2 is 1.75 bits per heavy atom. The molecule has 0 atom stereocenters. The molecular weight excluding hydrogens is 164 g/mol. The fourth-order valence-corrected chi connectivity index (χ4v) is 0.597. The minimum absolute atomic E-state index is 0.407. The Morgan fingerprint density at radius 1 is 1.25 bits per heavy atom. The number of allylic oxidation sites excluding steroid dienone is 1. The highest BCUT2D eigenvalue weighted by Crippen LogP contribution is 2.01. The summed E-state index contributed by atoms with van der Waals surface area (Å²) in [5, 5.41) is 16.6. The van der Waals surface area contributed by atoms with E-state index < -0.39 is 29.7 Å². The number of hydrogen-bond acceptors (Lipinski definition) is 3. The van der Waals surface area contributed by atoms with Crippen LogP contribution in [-0.4, -0.2) is 27.9 Å². The zero-order valence-electron chi connectivity index (χ0n) is 6.40. The Kier molecular flexibility index (Phi) is 3.69. The average Bonchev–Trinajstić information content (AvgIpc) is 1.83. The van der Waals surface area contributed by atoms with Crippen LogP contribution in [0.1, 0.15) is 13.3 Å². The fourth-order valence-electron chi connectivity index (χ4n) is 0.597. The molecule has 5 heteroatoms. The van der Waals surface area contributed by atoms with Crippen LogP contribution in [0.4, 0.5) is 0 Å². The van der Waals surface area contributed by atoms with E-state index in [1.54, 1.807) is 0 Å². The highest BCUT2D eigenvalue weighted by Gasteiger charge is 2.11. The Morgan fingerprint density at radius 3 is 2.00 bits per heavy atom. The average molecular weight is 172 g/mol. The SMILES string of the molecule is CC(=O)/C=C(\CC(=O)O)C(=O)O. The Bertz CT molecular complexity index is 251. The molecule has 66 valence electrons. The molecule has 0 aliphatic heterocycles. The zero-order valence-corrected chi connectivity index (χ0v) is 6.40. The van der Waals surface area contributed by atoms with Crippen molar-refractivity contribution in [2.45, 2.75) is 13.3 Å². The molecule has 0 unspecified atom stereocenters. The molecule has 0 aromatic rings. The second kappa shape index (κ2) is 4.27. The van der Waals surface area contributed by atoms with E-state index in [9.17, 15) is 14.4 Å². The summed E-state index contributed by atoms with van der Waals surface area (Å²) in [5.41, 5.74) is -0.407. The zero-order chi connectivity index (χ0) is 9.72. The van der Waals surface area contributed by atoms with Crippen LogP contribution >= 0.6 is 0 Å². The van der Waals surface area contributed by atoms with Gasteiger partial charge in [-0.25, -0.2) is 4.79 Å². The Hall–Kier alpha value is -1.65. The minimum Gasteiger partial charge on any atom is -0.481 e. The van der Waals surface area contributed by atoms with Crippen LogP contribution in [0.5, 0.6) is 0 Å². The minimum atomic E-state index is -1.38. The molecule has 0 heterocycles. The molecule has 0 spiro atoms. The third-order valence-electron chi connectivity index (χ3n) is 0.994.